The van der Waals surface area contributed by atoms with E-state index < -0.39 is 14.6 Å². The number of nitrogens with one attached hydrogen (secondary N) is 1. The van der Waals surface area contributed by atoms with Crippen LogP contribution in [-0.4, -0.2) is 55.3 Å². The van der Waals surface area contributed by atoms with E-state index in [1.807, 2.05) is 0 Å². The molecule has 7 heteroatoms. The van der Waals surface area contributed by atoms with Crippen LogP contribution < -0.4 is 5.32 Å². The van der Waals surface area contributed by atoms with Crippen LogP contribution in [0.1, 0.15) is 26.7 Å². The second-order valence-electron chi connectivity index (χ2n) is 5.78. The van der Waals surface area contributed by atoms with Crippen molar-refractivity contribution in [3.8, 4) is 0 Å². The van der Waals surface area contributed by atoms with E-state index in [9.17, 15) is 18.0 Å². The van der Waals surface area contributed by atoms with Crippen molar-refractivity contribution >= 4 is 21.7 Å². The summed E-state index contributed by atoms with van der Waals surface area (Å²) in [7, 11) is -1.87. The zero-order chi connectivity index (χ0) is 14.4. The van der Waals surface area contributed by atoms with E-state index in [-0.39, 0.29) is 23.0 Å². The predicted molar refractivity (Wildman–Crippen MR) is 70.2 cm³/mol. The minimum absolute atomic E-state index is 0.105. The number of hydrogen-bond donors (Lipinski definition) is 1. The van der Waals surface area contributed by atoms with Gasteiger partial charge in [-0.2, -0.15) is 0 Å². The van der Waals surface area contributed by atoms with Crippen molar-refractivity contribution in [2.75, 3.05) is 20.1 Å². The van der Waals surface area contributed by atoms with E-state index in [1.165, 1.54) is 18.7 Å². The molecule has 108 valence electrons. The fourth-order valence-electron chi connectivity index (χ4n) is 2.31. The minimum Gasteiger partial charge on any atom is -0.359 e. The smallest absolute Gasteiger partial charge is 0.243 e. The van der Waals surface area contributed by atoms with Gasteiger partial charge in [-0.1, -0.05) is 0 Å². The molecule has 0 aromatic carbocycles. The van der Waals surface area contributed by atoms with Gasteiger partial charge < -0.3 is 10.2 Å². The number of nitrogens with zero attached hydrogens (tertiary/aromatic N) is 1. The topological polar surface area (TPSA) is 83.6 Å². The molecule has 0 aromatic heterocycles. The van der Waals surface area contributed by atoms with E-state index in [0.29, 0.717) is 25.9 Å². The molecule has 2 rings (SSSR count). The van der Waals surface area contributed by atoms with Gasteiger partial charge in [-0.15, -0.1) is 0 Å². The molecular formula is C12H20N2O4S. The highest BCUT2D eigenvalue weighted by atomic mass is 32.2. The molecule has 1 heterocycles. The Bertz CT molecular complexity index is 502. The standard InChI is InChI=1S/C12H20N2O4S/c1-12(2,19(17,18)9-4-5-9)11(16)14-6-8(7-14)10(15)13-3/h8-9H,4-7H2,1-3H3,(H,13,15). The third-order valence-corrected chi connectivity index (χ3v) is 6.92. The molecule has 2 fully saturated rings. The number of carbonyl (C=O) groups excluding carboxylic acids is 2. The summed E-state index contributed by atoms with van der Waals surface area (Å²) in [5.41, 5.74) is 0. The van der Waals surface area contributed by atoms with Crippen molar-refractivity contribution in [1.29, 1.82) is 0 Å². The summed E-state index contributed by atoms with van der Waals surface area (Å²) < 4.78 is 23.1. The third-order valence-electron chi connectivity index (χ3n) is 3.98. The van der Waals surface area contributed by atoms with Crippen LogP contribution in [0.3, 0.4) is 0 Å². The Labute approximate surface area is 113 Å². The number of hydrogen-bond acceptors (Lipinski definition) is 4. The van der Waals surface area contributed by atoms with Crippen molar-refractivity contribution in [2.45, 2.75) is 36.7 Å². The molecule has 2 aliphatic rings. The first-order valence-electron chi connectivity index (χ1n) is 6.46. The first-order valence-corrected chi connectivity index (χ1v) is 8.01. The molecule has 0 atom stereocenters. The Morgan fingerprint density at radius 3 is 2.16 bits per heavy atom. The molecule has 1 aliphatic heterocycles. The molecule has 0 radical (unpaired) electrons. The minimum atomic E-state index is -3.42. The lowest BCUT2D eigenvalue weighted by molar-refractivity contribution is -0.144. The maximum absolute atomic E-state index is 12.3. The fraction of sp³-hybridized carbons (Fsp3) is 0.833. The van der Waals surface area contributed by atoms with Gasteiger partial charge >= 0.3 is 0 Å². The molecule has 6 nitrogen and oxygen atoms in total. The Kier molecular flexibility index (Phi) is 3.36. The Balaban J connectivity index is 2.03. The fourth-order valence-corrected chi connectivity index (χ4v) is 4.27. The molecule has 0 aromatic rings. The lowest BCUT2D eigenvalue weighted by atomic mass is 9.97. The Morgan fingerprint density at radius 1 is 1.21 bits per heavy atom. The van der Waals surface area contributed by atoms with E-state index in [2.05, 4.69) is 5.32 Å². The van der Waals surface area contributed by atoms with Crippen LogP contribution in [0.5, 0.6) is 0 Å². The predicted octanol–water partition coefficient (Wildman–Crippen LogP) is -0.453. The molecule has 0 bridgehead atoms. The van der Waals surface area contributed by atoms with Gasteiger partial charge in [0.1, 0.15) is 4.75 Å². The molecule has 1 saturated carbocycles. The van der Waals surface area contributed by atoms with Crippen LogP contribution >= 0.6 is 0 Å². The molecule has 1 N–H and O–H groups in total. The van der Waals surface area contributed by atoms with Gasteiger partial charge in [-0.05, 0) is 26.7 Å². The number of likely N-dealkylation sites (tertiary alicyclic amines) is 1. The largest absolute Gasteiger partial charge is 0.359 e. The maximum Gasteiger partial charge on any atom is 0.243 e. The summed E-state index contributed by atoms with van der Waals surface area (Å²) in [4.78, 5) is 25.1. The average Bonchev–Trinajstić information content (AvgIpc) is 3.09. The van der Waals surface area contributed by atoms with Gasteiger partial charge in [0.25, 0.3) is 0 Å². The third kappa shape index (κ3) is 2.24. The number of amides is 2. The highest BCUT2D eigenvalue weighted by Gasteiger charge is 2.53. The Morgan fingerprint density at radius 2 is 1.74 bits per heavy atom. The first kappa shape index (κ1) is 14.3. The van der Waals surface area contributed by atoms with Crippen LogP contribution in [-0.2, 0) is 19.4 Å². The maximum atomic E-state index is 12.3. The second-order valence-corrected chi connectivity index (χ2v) is 8.55. The highest BCUT2D eigenvalue weighted by molar-refractivity contribution is 7.94. The molecule has 19 heavy (non-hydrogen) atoms. The summed E-state index contributed by atoms with van der Waals surface area (Å²) >= 11 is 0. The van der Waals surface area contributed by atoms with Crippen LogP contribution in [0.4, 0.5) is 0 Å². The molecule has 2 amide bonds. The highest BCUT2D eigenvalue weighted by Crippen LogP contribution is 2.37. The number of sulfone groups is 1. The van der Waals surface area contributed by atoms with E-state index in [0.717, 1.165) is 0 Å². The molecule has 0 spiro atoms. The van der Waals surface area contributed by atoms with Crippen molar-refractivity contribution in [3.63, 3.8) is 0 Å². The molecular weight excluding hydrogens is 268 g/mol. The van der Waals surface area contributed by atoms with Crippen LogP contribution in [0.15, 0.2) is 0 Å². The van der Waals surface area contributed by atoms with Crippen LogP contribution in [0.25, 0.3) is 0 Å². The van der Waals surface area contributed by atoms with Gasteiger partial charge in [0, 0.05) is 20.1 Å². The average molecular weight is 288 g/mol. The lowest BCUT2D eigenvalue weighted by Crippen LogP contribution is -2.61. The van der Waals surface area contributed by atoms with Crippen LogP contribution in [0, 0.1) is 5.92 Å². The zero-order valence-corrected chi connectivity index (χ0v) is 12.3. The van der Waals surface area contributed by atoms with Gasteiger partial charge in [0.2, 0.25) is 11.8 Å². The molecule has 1 saturated heterocycles. The van der Waals surface area contributed by atoms with Crippen molar-refractivity contribution in [2.24, 2.45) is 5.92 Å². The van der Waals surface area contributed by atoms with E-state index >= 15 is 0 Å². The van der Waals surface area contributed by atoms with Crippen molar-refractivity contribution in [1.82, 2.24) is 10.2 Å². The van der Waals surface area contributed by atoms with Gasteiger partial charge in [-0.3, -0.25) is 9.59 Å². The normalized spacial score (nSPS) is 20.9. The van der Waals surface area contributed by atoms with E-state index in [4.69, 9.17) is 0 Å². The van der Waals surface area contributed by atoms with Gasteiger partial charge in [0.05, 0.1) is 11.2 Å². The second kappa shape index (κ2) is 4.47. The molecule has 1 aliphatic carbocycles. The summed E-state index contributed by atoms with van der Waals surface area (Å²) in [6.07, 6.45) is 1.31. The monoisotopic (exact) mass is 288 g/mol. The quantitative estimate of drug-likeness (QED) is 0.759. The van der Waals surface area contributed by atoms with Crippen molar-refractivity contribution < 1.29 is 18.0 Å². The summed E-state index contributed by atoms with van der Waals surface area (Å²) in [6, 6.07) is 0. The molecule has 0 unspecified atom stereocenters. The number of rotatable bonds is 4. The zero-order valence-electron chi connectivity index (χ0n) is 11.5. The summed E-state index contributed by atoms with van der Waals surface area (Å²) in [5, 5.41) is 2.17. The van der Waals surface area contributed by atoms with Crippen molar-refractivity contribution in [3.05, 3.63) is 0 Å². The van der Waals surface area contributed by atoms with E-state index in [1.54, 1.807) is 7.05 Å². The lowest BCUT2D eigenvalue weighted by Gasteiger charge is -2.41. The van der Waals surface area contributed by atoms with Crippen LogP contribution in [0.2, 0.25) is 0 Å². The van der Waals surface area contributed by atoms with Gasteiger partial charge in [0.15, 0.2) is 9.84 Å². The number of carbonyl (C=O) groups is 2. The summed E-state index contributed by atoms with van der Waals surface area (Å²) in [5.74, 6) is -0.708. The van der Waals surface area contributed by atoms with Gasteiger partial charge in [-0.25, -0.2) is 8.42 Å². The summed E-state index contributed by atoms with van der Waals surface area (Å²) in [6.45, 7) is 3.55. The Hall–Kier alpha value is -1.11. The first-order chi connectivity index (χ1) is 8.71. The SMILES string of the molecule is CNC(=O)C1CN(C(=O)C(C)(C)S(=O)(=O)C2CC2)C1.